The number of nitrogens with one attached hydrogen (secondary N) is 2. The monoisotopic (exact) mass is 372 g/mol. The molecule has 8 heteroatoms. The van der Waals surface area contributed by atoms with Gasteiger partial charge in [-0.15, -0.1) is 11.8 Å². The molecule has 1 aromatic rings. The molecule has 0 bridgehead atoms. The lowest BCUT2D eigenvalue weighted by molar-refractivity contribution is -0.148. The van der Waals surface area contributed by atoms with Crippen LogP contribution >= 0.6 is 23.4 Å². The maximum Gasteiger partial charge on any atom is 0.307 e. The molecule has 1 rings (SSSR count). The first-order valence-electron chi connectivity index (χ1n) is 7.53. The highest BCUT2D eigenvalue weighted by atomic mass is 35.5. The SMILES string of the molecule is CCNC(=O)[C@@H](C)NC(=O)COC(=O)CCSc1ccc(Cl)cc1. The van der Waals surface area contributed by atoms with Crippen molar-refractivity contribution < 1.29 is 19.1 Å². The van der Waals surface area contributed by atoms with Crippen LogP contribution in [0.2, 0.25) is 5.02 Å². The van der Waals surface area contributed by atoms with Crippen molar-refractivity contribution in [1.82, 2.24) is 10.6 Å². The minimum atomic E-state index is -0.670. The van der Waals surface area contributed by atoms with E-state index in [-0.39, 0.29) is 12.3 Å². The second-order valence-corrected chi connectivity index (χ2v) is 6.50. The van der Waals surface area contributed by atoms with Crippen molar-refractivity contribution in [1.29, 1.82) is 0 Å². The van der Waals surface area contributed by atoms with Crippen LogP contribution in [0.3, 0.4) is 0 Å². The molecule has 0 aliphatic heterocycles. The Kier molecular flexibility index (Phi) is 9.26. The Labute approximate surface area is 150 Å². The number of thioether (sulfide) groups is 1. The van der Waals surface area contributed by atoms with Crippen LogP contribution in [0.1, 0.15) is 20.3 Å². The van der Waals surface area contributed by atoms with Gasteiger partial charge in [0.25, 0.3) is 5.91 Å². The zero-order valence-corrected chi connectivity index (χ0v) is 15.2. The van der Waals surface area contributed by atoms with Crippen LogP contribution < -0.4 is 10.6 Å². The number of ether oxygens (including phenoxy) is 1. The molecule has 0 spiro atoms. The standard InChI is InChI=1S/C16H21ClN2O4S/c1-3-18-16(22)11(2)19-14(20)10-23-15(21)8-9-24-13-6-4-12(17)5-7-13/h4-7,11H,3,8-10H2,1-2H3,(H,18,22)(H,19,20)/t11-/m1/s1. The molecule has 6 nitrogen and oxygen atoms in total. The van der Waals surface area contributed by atoms with Gasteiger partial charge in [-0.3, -0.25) is 14.4 Å². The Morgan fingerprint density at radius 2 is 1.92 bits per heavy atom. The maximum atomic E-state index is 11.6. The number of carbonyl (C=O) groups is 3. The molecule has 0 heterocycles. The third kappa shape index (κ3) is 8.21. The fourth-order valence-electron chi connectivity index (χ4n) is 1.68. The molecule has 132 valence electrons. The van der Waals surface area contributed by atoms with Gasteiger partial charge in [0.2, 0.25) is 5.91 Å². The predicted molar refractivity (Wildman–Crippen MR) is 94.0 cm³/mol. The van der Waals surface area contributed by atoms with Gasteiger partial charge in [-0.1, -0.05) is 11.6 Å². The van der Waals surface area contributed by atoms with Crippen molar-refractivity contribution in [2.45, 2.75) is 31.2 Å². The first kappa shape index (κ1) is 20.3. The van der Waals surface area contributed by atoms with Crippen LogP contribution in [0, 0.1) is 0 Å². The number of benzene rings is 1. The van der Waals surface area contributed by atoms with E-state index in [2.05, 4.69) is 10.6 Å². The van der Waals surface area contributed by atoms with Gasteiger partial charge in [-0.05, 0) is 38.1 Å². The number of halogens is 1. The average Bonchev–Trinajstić information content (AvgIpc) is 2.55. The number of hydrogen-bond acceptors (Lipinski definition) is 5. The molecule has 0 fully saturated rings. The Hall–Kier alpha value is -1.73. The molecule has 1 aromatic carbocycles. The molecule has 0 saturated heterocycles. The van der Waals surface area contributed by atoms with E-state index in [9.17, 15) is 14.4 Å². The van der Waals surface area contributed by atoms with Crippen LogP contribution in [-0.4, -0.2) is 42.7 Å². The summed E-state index contributed by atoms with van der Waals surface area (Å²) in [5.41, 5.74) is 0. The lowest BCUT2D eigenvalue weighted by Gasteiger charge is -2.13. The van der Waals surface area contributed by atoms with E-state index in [4.69, 9.17) is 16.3 Å². The summed E-state index contributed by atoms with van der Waals surface area (Å²) in [6.07, 6.45) is 0.187. The second-order valence-electron chi connectivity index (χ2n) is 4.90. The molecule has 1 atom stereocenters. The fraction of sp³-hybridized carbons (Fsp3) is 0.438. The Morgan fingerprint density at radius 1 is 1.25 bits per heavy atom. The summed E-state index contributed by atoms with van der Waals surface area (Å²) >= 11 is 7.29. The Bertz CT molecular complexity index is 566. The van der Waals surface area contributed by atoms with Crippen molar-refractivity contribution in [2.24, 2.45) is 0 Å². The highest BCUT2D eigenvalue weighted by molar-refractivity contribution is 7.99. The highest BCUT2D eigenvalue weighted by Gasteiger charge is 2.15. The summed E-state index contributed by atoms with van der Waals surface area (Å²) in [6.45, 7) is 3.44. The number of likely N-dealkylation sites (N-methyl/N-ethyl adjacent to an activating group) is 1. The number of esters is 1. The van der Waals surface area contributed by atoms with E-state index in [1.54, 1.807) is 26.0 Å². The Balaban J connectivity index is 2.19. The van der Waals surface area contributed by atoms with Gasteiger partial charge in [0.05, 0.1) is 6.42 Å². The lowest BCUT2D eigenvalue weighted by atomic mass is 10.3. The van der Waals surface area contributed by atoms with Crippen LogP contribution in [0.5, 0.6) is 0 Å². The predicted octanol–water partition coefficient (Wildman–Crippen LogP) is 2.01. The smallest absolute Gasteiger partial charge is 0.307 e. The summed E-state index contributed by atoms with van der Waals surface area (Å²) < 4.78 is 4.88. The molecule has 2 amide bonds. The number of rotatable bonds is 9. The lowest BCUT2D eigenvalue weighted by Crippen LogP contribution is -2.46. The zero-order valence-electron chi connectivity index (χ0n) is 13.6. The van der Waals surface area contributed by atoms with Gasteiger partial charge in [-0.25, -0.2) is 0 Å². The zero-order chi connectivity index (χ0) is 17.9. The summed E-state index contributed by atoms with van der Waals surface area (Å²) in [5.74, 6) is -0.710. The van der Waals surface area contributed by atoms with E-state index in [0.717, 1.165) is 4.90 Å². The van der Waals surface area contributed by atoms with Crippen molar-refractivity contribution >= 4 is 41.1 Å². The van der Waals surface area contributed by atoms with Gasteiger partial charge in [0, 0.05) is 22.2 Å². The van der Waals surface area contributed by atoms with E-state index in [0.29, 0.717) is 17.3 Å². The van der Waals surface area contributed by atoms with Crippen molar-refractivity contribution in [2.75, 3.05) is 18.9 Å². The average molecular weight is 373 g/mol. The van der Waals surface area contributed by atoms with Gasteiger partial charge < -0.3 is 15.4 Å². The highest BCUT2D eigenvalue weighted by Crippen LogP contribution is 2.20. The fourth-order valence-corrected chi connectivity index (χ4v) is 2.64. The van der Waals surface area contributed by atoms with Crippen LogP contribution in [0.15, 0.2) is 29.2 Å². The van der Waals surface area contributed by atoms with E-state index in [1.807, 2.05) is 12.1 Å². The van der Waals surface area contributed by atoms with Crippen LogP contribution in [-0.2, 0) is 19.1 Å². The molecule has 2 N–H and O–H groups in total. The van der Waals surface area contributed by atoms with E-state index < -0.39 is 24.5 Å². The van der Waals surface area contributed by atoms with Crippen LogP contribution in [0.4, 0.5) is 0 Å². The molecular weight excluding hydrogens is 352 g/mol. The first-order chi connectivity index (χ1) is 11.4. The first-order valence-corrected chi connectivity index (χ1v) is 8.89. The third-order valence-electron chi connectivity index (χ3n) is 2.87. The molecular formula is C16H21ClN2O4S. The molecule has 0 unspecified atom stereocenters. The number of hydrogen-bond donors (Lipinski definition) is 2. The molecule has 0 aliphatic carbocycles. The Morgan fingerprint density at radius 3 is 2.54 bits per heavy atom. The summed E-state index contributed by atoms with van der Waals surface area (Å²) in [7, 11) is 0. The summed E-state index contributed by atoms with van der Waals surface area (Å²) in [6, 6.07) is 6.63. The van der Waals surface area contributed by atoms with E-state index in [1.165, 1.54) is 11.8 Å². The quantitative estimate of drug-likeness (QED) is 0.511. The molecule has 0 radical (unpaired) electrons. The van der Waals surface area contributed by atoms with Gasteiger partial charge in [0.15, 0.2) is 6.61 Å². The summed E-state index contributed by atoms with van der Waals surface area (Å²) in [5, 5.41) is 5.71. The van der Waals surface area contributed by atoms with E-state index >= 15 is 0 Å². The molecule has 0 aromatic heterocycles. The second kappa shape index (κ2) is 10.9. The molecule has 24 heavy (non-hydrogen) atoms. The third-order valence-corrected chi connectivity index (χ3v) is 4.14. The van der Waals surface area contributed by atoms with Crippen molar-refractivity contribution in [3.8, 4) is 0 Å². The minimum absolute atomic E-state index is 0.187. The van der Waals surface area contributed by atoms with Crippen molar-refractivity contribution in [3.05, 3.63) is 29.3 Å². The van der Waals surface area contributed by atoms with Crippen molar-refractivity contribution in [3.63, 3.8) is 0 Å². The largest absolute Gasteiger partial charge is 0.456 e. The topological polar surface area (TPSA) is 84.5 Å². The summed E-state index contributed by atoms with van der Waals surface area (Å²) in [4.78, 5) is 35.7. The molecule has 0 aliphatic rings. The maximum absolute atomic E-state index is 11.6. The number of amides is 2. The minimum Gasteiger partial charge on any atom is -0.456 e. The van der Waals surface area contributed by atoms with Crippen LogP contribution in [0.25, 0.3) is 0 Å². The normalized spacial score (nSPS) is 11.5. The van der Waals surface area contributed by atoms with Gasteiger partial charge in [0.1, 0.15) is 6.04 Å². The van der Waals surface area contributed by atoms with Gasteiger partial charge >= 0.3 is 5.97 Å². The molecule has 0 saturated carbocycles. The number of carbonyl (C=O) groups excluding carboxylic acids is 3. The van der Waals surface area contributed by atoms with Gasteiger partial charge in [-0.2, -0.15) is 0 Å².